The van der Waals surface area contributed by atoms with Crippen molar-refractivity contribution in [2.24, 2.45) is 5.73 Å². The molecule has 0 atom stereocenters. The lowest BCUT2D eigenvalue weighted by Crippen LogP contribution is -2.14. The van der Waals surface area contributed by atoms with E-state index in [0.29, 0.717) is 38.8 Å². The van der Waals surface area contributed by atoms with E-state index in [1.165, 1.54) is 27.8 Å². The van der Waals surface area contributed by atoms with E-state index in [0.717, 1.165) is 4.21 Å². The van der Waals surface area contributed by atoms with Crippen molar-refractivity contribution in [3.63, 3.8) is 0 Å². The Morgan fingerprint density at radius 1 is 1.28 bits per heavy atom. The van der Waals surface area contributed by atoms with Gasteiger partial charge in [0, 0.05) is 6.42 Å². The van der Waals surface area contributed by atoms with Gasteiger partial charge in [-0.25, -0.2) is 14.6 Å². The van der Waals surface area contributed by atoms with E-state index in [1.807, 2.05) is 6.92 Å². The number of nitrogens with one attached hydrogen (secondary N) is 1. The van der Waals surface area contributed by atoms with Gasteiger partial charge in [0.15, 0.2) is 5.13 Å². The average molecular weight is 471 g/mol. The summed E-state index contributed by atoms with van der Waals surface area (Å²) in [7, 11) is 0. The number of rotatable bonds is 7. The molecule has 0 aliphatic carbocycles. The van der Waals surface area contributed by atoms with Crippen molar-refractivity contribution in [1.82, 2.24) is 19.7 Å². The Labute approximate surface area is 184 Å². The molecule has 0 radical (unpaired) electrons. The maximum Gasteiger partial charge on any atom is 0.297 e. The molecular formula is C17H16Cl2N6O2S2. The first kappa shape index (κ1) is 21.6. The van der Waals surface area contributed by atoms with Crippen molar-refractivity contribution in [2.75, 3.05) is 11.1 Å². The van der Waals surface area contributed by atoms with Crippen LogP contribution in [0.5, 0.6) is 0 Å². The van der Waals surface area contributed by atoms with E-state index in [9.17, 15) is 9.59 Å². The van der Waals surface area contributed by atoms with Gasteiger partial charge in [-0.1, -0.05) is 47.5 Å². The Kier molecular flexibility index (Phi) is 6.78. The molecular weight excluding hydrogens is 455 g/mol. The Morgan fingerprint density at radius 2 is 1.97 bits per heavy atom. The molecule has 0 unspecified atom stereocenters. The highest BCUT2D eigenvalue weighted by Gasteiger charge is 2.21. The summed E-state index contributed by atoms with van der Waals surface area (Å²) in [5, 5.41) is 8.16. The number of aryl methyl sites for hydroxylation is 2. The van der Waals surface area contributed by atoms with Crippen LogP contribution in [-0.4, -0.2) is 37.3 Å². The molecule has 152 valence electrons. The minimum Gasteiger partial charge on any atom is -0.369 e. The highest BCUT2D eigenvalue weighted by molar-refractivity contribution is 8.01. The third-order valence-electron chi connectivity index (χ3n) is 3.66. The number of amides is 2. The molecule has 0 saturated heterocycles. The number of benzene rings is 1. The van der Waals surface area contributed by atoms with E-state index in [-0.39, 0.29) is 11.6 Å². The van der Waals surface area contributed by atoms with E-state index in [2.05, 4.69) is 20.4 Å². The SMILES string of the molecule is CCc1nc(C(=O)Nc2nc(C)c(SCC(N)=O)s2)nn1-c1c(Cl)cccc1Cl. The summed E-state index contributed by atoms with van der Waals surface area (Å²) in [5.74, 6) is -0.286. The lowest BCUT2D eigenvalue weighted by atomic mass is 10.3. The molecule has 0 fully saturated rings. The Hall–Kier alpha value is -2.14. The third kappa shape index (κ3) is 4.89. The predicted octanol–water partition coefficient (Wildman–Crippen LogP) is 3.73. The number of hydrogen-bond donors (Lipinski definition) is 2. The number of primary amides is 1. The van der Waals surface area contributed by atoms with E-state index in [1.54, 1.807) is 25.1 Å². The maximum atomic E-state index is 12.7. The fourth-order valence-corrected chi connectivity index (χ4v) is 4.83. The summed E-state index contributed by atoms with van der Waals surface area (Å²) in [6, 6.07) is 5.10. The molecule has 8 nitrogen and oxygen atoms in total. The largest absolute Gasteiger partial charge is 0.369 e. The number of thioether (sulfide) groups is 1. The minimum atomic E-state index is -0.512. The molecule has 1 aromatic carbocycles. The van der Waals surface area contributed by atoms with Gasteiger partial charge in [0.2, 0.25) is 11.7 Å². The molecule has 12 heteroatoms. The Bertz CT molecular complexity index is 1060. The molecule has 3 N–H and O–H groups in total. The molecule has 0 bridgehead atoms. The van der Waals surface area contributed by atoms with Crippen LogP contribution in [0.3, 0.4) is 0 Å². The summed E-state index contributed by atoms with van der Waals surface area (Å²) < 4.78 is 2.27. The van der Waals surface area contributed by atoms with Crippen LogP contribution in [0.25, 0.3) is 5.69 Å². The zero-order valence-corrected chi connectivity index (χ0v) is 18.5. The summed E-state index contributed by atoms with van der Waals surface area (Å²) >= 11 is 15.1. The van der Waals surface area contributed by atoms with E-state index < -0.39 is 11.8 Å². The number of carbonyl (C=O) groups excluding carboxylic acids is 2. The van der Waals surface area contributed by atoms with Crippen LogP contribution in [0.15, 0.2) is 22.4 Å². The molecule has 29 heavy (non-hydrogen) atoms. The maximum absolute atomic E-state index is 12.7. The van der Waals surface area contributed by atoms with Crippen molar-refractivity contribution in [3.05, 3.63) is 45.6 Å². The van der Waals surface area contributed by atoms with Gasteiger partial charge in [-0.15, -0.1) is 16.9 Å². The van der Waals surface area contributed by atoms with Crippen molar-refractivity contribution >= 4 is 63.2 Å². The molecule has 2 aromatic heterocycles. The fraction of sp³-hybridized carbons (Fsp3) is 0.235. The van der Waals surface area contributed by atoms with Crippen LogP contribution >= 0.6 is 46.3 Å². The topological polar surface area (TPSA) is 116 Å². The quantitative estimate of drug-likeness (QED) is 0.508. The van der Waals surface area contributed by atoms with Gasteiger partial charge in [0.05, 0.1) is 25.7 Å². The number of para-hydroxylation sites is 1. The number of nitrogens with two attached hydrogens (primary N) is 1. The highest BCUT2D eigenvalue weighted by Crippen LogP contribution is 2.32. The van der Waals surface area contributed by atoms with E-state index >= 15 is 0 Å². The van der Waals surface area contributed by atoms with Crippen molar-refractivity contribution in [2.45, 2.75) is 24.5 Å². The first-order chi connectivity index (χ1) is 13.8. The first-order valence-corrected chi connectivity index (χ1v) is 11.0. The number of thiazole rings is 1. The second-order valence-electron chi connectivity index (χ2n) is 5.79. The molecule has 0 aliphatic rings. The number of nitrogens with zero attached hydrogens (tertiary/aromatic N) is 4. The Morgan fingerprint density at radius 3 is 2.59 bits per heavy atom. The molecule has 3 rings (SSSR count). The lowest BCUT2D eigenvalue weighted by molar-refractivity contribution is -0.115. The van der Waals surface area contributed by atoms with Gasteiger partial charge in [-0.2, -0.15) is 0 Å². The van der Waals surface area contributed by atoms with Gasteiger partial charge >= 0.3 is 0 Å². The van der Waals surface area contributed by atoms with Gasteiger partial charge in [-0.3, -0.25) is 14.9 Å². The van der Waals surface area contributed by atoms with Crippen LogP contribution in [0.4, 0.5) is 5.13 Å². The van der Waals surface area contributed by atoms with Crippen LogP contribution in [0, 0.1) is 6.92 Å². The van der Waals surface area contributed by atoms with Crippen molar-refractivity contribution < 1.29 is 9.59 Å². The van der Waals surface area contributed by atoms with Crippen LogP contribution in [0.2, 0.25) is 10.0 Å². The van der Waals surface area contributed by atoms with Crippen molar-refractivity contribution in [1.29, 1.82) is 0 Å². The summed E-state index contributed by atoms with van der Waals surface area (Å²) in [6.45, 7) is 3.68. The zero-order chi connectivity index (χ0) is 21.1. The monoisotopic (exact) mass is 470 g/mol. The average Bonchev–Trinajstić information content (AvgIpc) is 3.23. The smallest absolute Gasteiger partial charge is 0.297 e. The molecule has 2 amide bonds. The lowest BCUT2D eigenvalue weighted by Gasteiger charge is -2.08. The normalized spacial score (nSPS) is 10.9. The minimum absolute atomic E-state index is 0.0305. The molecule has 0 spiro atoms. The second-order valence-corrected chi connectivity index (χ2v) is 8.85. The summed E-state index contributed by atoms with van der Waals surface area (Å²) in [6.07, 6.45) is 0.520. The zero-order valence-electron chi connectivity index (χ0n) is 15.4. The third-order valence-corrected chi connectivity index (χ3v) is 6.73. The number of anilines is 1. The predicted molar refractivity (Wildman–Crippen MR) is 115 cm³/mol. The van der Waals surface area contributed by atoms with Crippen LogP contribution < -0.4 is 11.1 Å². The molecule has 0 saturated carbocycles. The van der Waals surface area contributed by atoms with Gasteiger partial charge in [-0.05, 0) is 19.1 Å². The highest BCUT2D eigenvalue weighted by atomic mass is 35.5. The number of carbonyl (C=O) groups is 2. The number of hydrogen-bond acceptors (Lipinski definition) is 7. The van der Waals surface area contributed by atoms with Gasteiger partial charge in [0.1, 0.15) is 11.5 Å². The second kappa shape index (κ2) is 9.12. The fourth-order valence-electron chi connectivity index (χ4n) is 2.40. The Balaban J connectivity index is 1.85. The van der Waals surface area contributed by atoms with E-state index in [4.69, 9.17) is 28.9 Å². The van der Waals surface area contributed by atoms with Crippen LogP contribution in [-0.2, 0) is 11.2 Å². The van der Waals surface area contributed by atoms with Gasteiger partial charge < -0.3 is 5.73 Å². The standard InChI is InChI=1S/C17H16Cl2N6O2S2/c1-3-12-22-14(24-25(12)13-9(18)5-4-6-10(13)19)15(27)23-17-21-8(2)16(29-17)28-7-11(20)26/h4-6H,3,7H2,1-2H3,(H2,20,26)(H,21,23,27). The molecule has 3 aromatic rings. The number of aromatic nitrogens is 4. The number of halogens is 2. The van der Waals surface area contributed by atoms with Crippen molar-refractivity contribution in [3.8, 4) is 5.69 Å². The summed E-state index contributed by atoms with van der Waals surface area (Å²) in [5.41, 5.74) is 6.34. The molecule has 2 heterocycles. The van der Waals surface area contributed by atoms with Crippen LogP contribution in [0.1, 0.15) is 29.1 Å². The van der Waals surface area contributed by atoms with Gasteiger partial charge in [0.25, 0.3) is 5.91 Å². The summed E-state index contributed by atoms with van der Waals surface area (Å²) in [4.78, 5) is 32.2. The molecule has 0 aliphatic heterocycles. The first-order valence-electron chi connectivity index (χ1n) is 8.40.